The van der Waals surface area contributed by atoms with Gasteiger partial charge in [-0.25, -0.2) is 5.43 Å². The van der Waals surface area contributed by atoms with E-state index in [1.165, 1.54) is 36.4 Å². The second kappa shape index (κ2) is 7.77. The molecule has 1 amide bonds. The number of nitro benzene ring substituents is 1. The van der Waals surface area contributed by atoms with Gasteiger partial charge in [0, 0.05) is 23.8 Å². The number of nitro groups is 1. The molecule has 0 aliphatic carbocycles. The molecule has 0 heterocycles. The molecule has 25 heavy (non-hydrogen) atoms. The Bertz CT molecular complexity index is 817. The molecule has 0 aliphatic heterocycles. The molecule has 0 bridgehead atoms. The average Bonchev–Trinajstić information content (AvgIpc) is 2.58. The van der Waals surface area contributed by atoms with Crippen molar-refractivity contribution >= 4 is 17.3 Å². The maximum atomic E-state index is 11.7. The summed E-state index contributed by atoms with van der Waals surface area (Å²) in [5, 5.41) is 33.3. The van der Waals surface area contributed by atoms with Crippen LogP contribution in [0.15, 0.2) is 47.6 Å². The molecule has 0 radical (unpaired) electrons. The predicted molar refractivity (Wildman–Crippen MR) is 88.7 cm³/mol. The van der Waals surface area contributed by atoms with Crippen LogP contribution in [0, 0.1) is 10.1 Å². The number of hydrogen-bond donors (Lipinski definition) is 3. The van der Waals surface area contributed by atoms with E-state index in [0.717, 1.165) is 6.07 Å². The van der Waals surface area contributed by atoms with Crippen LogP contribution in [-0.4, -0.2) is 33.4 Å². The minimum absolute atomic E-state index is 0.0780. The number of hydrogen-bond acceptors (Lipinski definition) is 7. The maximum Gasteiger partial charge on any atom is 0.277 e. The number of nitrogens with one attached hydrogen (secondary N) is 1. The molecule has 130 valence electrons. The molecule has 0 fully saturated rings. The molecule has 0 spiro atoms. The minimum Gasteiger partial charge on any atom is -0.508 e. The number of aromatic hydroxyl groups is 2. The van der Waals surface area contributed by atoms with E-state index in [1.807, 2.05) is 0 Å². The van der Waals surface area contributed by atoms with Gasteiger partial charge in [-0.05, 0) is 31.2 Å². The molecular weight excluding hydrogens is 330 g/mol. The van der Waals surface area contributed by atoms with Crippen molar-refractivity contribution in [2.75, 3.05) is 6.61 Å². The number of ether oxygens (including phenoxy) is 1. The number of rotatable bonds is 6. The highest BCUT2D eigenvalue weighted by Crippen LogP contribution is 2.23. The van der Waals surface area contributed by atoms with E-state index in [2.05, 4.69) is 10.5 Å². The topological polar surface area (TPSA) is 134 Å². The fourth-order valence-electron chi connectivity index (χ4n) is 1.88. The van der Waals surface area contributed by atoms with Crippen LogP contribution >= 0.6 is 0 Å². The summed E-state index contributed by atoms with van der Waals surface area (Å²) in [6.07, 6.45) is 0. The lowest BCUT2D eigenvalue weighted by molar-refractivity contribution is -0.384. The quantitative estimate of drug-likeness (QED) is 0.416. The van der Waals surface area contributed by atoms with Crippen molar-refractivity contribution in [3.8, 4) is 17.2 Å². The Hall–Kier alpha value is -3.62. The largest absolute Gasteiger partial charge is 0.508 e. The summed E-state index contributed by atoms with van der Waals surface area (Å²) in [6, 6.07) is 9.31. The molecule has 3 N–H and O–H groups in total. The van der Waals surface area contributed by atoms with Crippen molar-refractivity contribution in [3.05, 3.63) is 58.1 Å². The summed E-state index contributed by atoms with van der Waals surface area (Å²) < 4.78 is 5.19. The standard InChI is InChI=1S/C16H15N3O6/c1-10(14-7-4-12(20)8-15(14)21)17-18-16(22)9-25-13-5-2-11(3-6-13)19(23)24/h2-8,20-21H,9H2,1H3,(H,18,22)/b17-10+. The Labute approximate surface area is 142 Å². The third kappa shape index (κ3) is 4.93. The van der Waals surface area contributed by atoms with Gasteiger partial charge in [-0.1, -0.05) is 0 Å². The van der Waals surface area contributed by atoms with Gasteiger partial charge in [0.25, 0.3) is 11.6 Å². The summed E-state index contributed by atoms with van der Waals surface area (Å²) >= 11 is 0. The molecule has 0 atom stereocenters. The molecule has 0 unspecified atom stereocenters. The van der Waals surface area contributed by atoms with Crippen molar-refractivity contribution in [2.45, 2.75) is 6.92 Å². The first-order valence-electron chi connectivity index (χ1n) is 7.09. The lowest BCUT2D eigenvalue weighted by Gasteiger charge is -2.07. The molecule has 9 nitrogen and oxygen atoms in total. The molecule has 0 saturated carbocycles. The third-order valence-corrected chi connectivity index (χ3v) is 3.14. The smallest absolute Gasteiger partial charge is 0.277 e. The molecule has 2 rings (SSSR count). The first-order valence-corrected chi connectivity index (χ1v) is 7.09. The fourth-order valence-corrected chi connectivity index (χ4v) is 1.88. The van der Waals surface area contributed by atoms with E-state index >= 15 is 0 Å². The number of hydrazone groups is 1. The molecule has 9 heteroatoms. The first-order chi connectivity index (χ1) is 11.9. The highest BCUT2D eigenvalue weighted by Gasteiger charge is 2.08. The van der Waals surface area contributed by atoms with E-state index in [4.69, 9.17) is 4.74 Å². The van der Waals surface area contributed by atoms with Crippen LogP contribution in [-0.2, 0) is 4.79 Å². The SMILES string of the molecule is C/C(=N\NC(=O)COc1ccc([N+](=O)[O-])cc1)c1ccc(O)cc1O. The van der Waals surface area contributed by atoms with E-state index in [9.17, 15) is 25.1 Å². The lowest BCUT2D eigenvalue weighted by atomic mass is 10.1. The number of nitrogens with zero attached hydrogens (tertiary/aromatic N) is 2. The van der Waals surface area contributed by atoms with Crippen molar-refractivity contribution in [2.24, 2.45) is 5.10 Å². The van der Waals surface area contributed by atoms with Gasteiger partial charge >= 0.3 is 0 Å². The lowest BCUT2D eigenvalue weighted by Crippen LogP contribution is -2.25. The van der Waals surface area contributed by atoms with Gasteiger partial charge in [0.2, 0.25) is 0 Å². The Balaban J connectivity index is 1.90. The van der Waals surface area contributed by atoms with Crippen LogP contribution in [0.2, 0.25) is 0 Å². The van der Waals surface area contributed by atoms with Crippen LogP contribution < -0.4 is 10.2 Å². The number of benzene rings is 2. The first kappa shape index (κ1) is 17.7. The molecule has 0 aromatic heterocycles. The molecular formula is C16H15N3O6. The second-order valence-electron chi connectivity index (χ2n) is 4.97. The second-order valence-corrected chi connectivity index (χ2v) is 4.97. The van der Waals surface area contributed by atoms with Gasteiger partial charge in [0.15, 0.2) is 6.61 Å². The number of non-ortho nitro benzene ring substituents is 1. The summed E-state index contributed by atoms with van der Waals surface area (Å²) in [5.74, 6) is -0.499. The highest BCUT2D eigenvalue weighted by molar-refractivity contribution is 6.01. The molecule has 0 saturated heterocycles. The van der Waals surface area contributed by atoms with Crippen LogP contribution in [0.1, 0.15) is 12.5 Å². The van der Waals surface area contributed by atoms with Gasteiger partial charge < -0.3 is 14.9 Å². The average molecular weight is 345 g/mol. The maximum absolute atomic E-state index is 11.7. The van der Waals surface area contributed by atoms with Gasteiger partial charge in [0.05, 0.1) is 10.6 Å². The van der Waals surface area contributed by atoms with E-state index in [-0.39, 0.29) is 23.8 Å². The normalized spacial score (nSPS) is 11.0. The van der Waals surface area contributed by atoms with Crippen molar-refractivity contribution in [1.29, 1.82) is 0 Å². The number of phenolic OH excluding ortho intramolecular Hbond substituents is 2. The number of carbonyl (C=O) groups is 1. The Morgan fingerprint density at radius 3 is 2.52 bits per heavy atom. The number of carbonyl (C=O) groups excluding carboxylic acids is 1. The van der Waals surface area contributed by atoms with E-state index in [0.29, 0.717) is 17.0 Å². The van der Waals surface area contributed by atoms with Crippen molar-refractivity contribution < 1.29 is 24.7 Å². The molecule has 2 aromatic carbocycles. The van der Waals surface area contributed by atoms with E-state index < -0.39 is 10.8 Å². The van der Waals surface area contributed by atoms with Crippen LogP contribution in [0.5, 0.6) is 17.2 Å². The highest BCUT2D eigenvalue weighted by atomic mass is 16.6. The molecule has 2 aromatic rings. The molecule has 0 aliphatic rings. The van der Waals surface area contributed by atoms with Crippen molar-refractivity contribution in [3.63, 3.8) is 0 Å². The van der Waals surface area contributed by atoms with Crippen molar-refractivity contribution in [1.82, 2.24) is 5.43 Å². The zero-order chi connectivity index (χ0) is 18.4. The van der Waals surface area contributed by atoms with Crippen LogP contribution in [0.25, 0.3) is 0 Å². The summed E-state index contributed by atoms with van der Waals surface area (Å²) in [4.78, 5) is 21.7. The van der Waals surface area contributed by atoms with Crippen LogP contribution in [0.4, 0.5) is 5.69 Å². The Morgan fingerprint density at radius 1 is 1.24 bits per heavy atom. The van der Waals surface area contributed by atoms with Gasteiger partial charge in [-0.15, -0.1) is 0 Å². The van der Waals surface area contributed by atoms with Crippen LogP contribution in [0.3, 0.4) is 0 Å². The Kier molecular flexibility index (Phi) is 5.51. The monoisotopic (exact) mass is 345 g/mol. The number of phenols is 2. The Morgan fingerprint density at radius 2 is 1.92 bits per heavy atom. The predicted octanol–water partition coefficient (Wildman–Crippen LogP) is 1.93. The zero-order valence-electron chi connectivity index (χ0n) is 13.2. The minimum atomic E-state index is -0.545. The summed E-state index contributed by atoms with van der Waals surface area (Å²) in [6.45, 7) is 1.24. The van der Waals surface area contributed by atoms with Gasteiger partial charge in [-0.3, -0.25) is 14.9 Å². The van der Waals surface area contributed by atoms with E-state index in [1.54, 1.807) is 6.92 Å². The fraction of sp³-hybridized carbons (Fsp3) is 0.125. The van der Waals surface area contributed by atoms with Gasteiger partial charge in [-0.2, -0.15) is 5.10 Å². The third-order valence-electron chi connectivity index (χ3n) is 3.14. The summed E-state index contributed by atoms with van der Waals surface area (Å²) in [7, 11) is 0. The zero-order valence-corrected chi connectivity index (χ0v) is 13.2. The van der Waals surface area contributed by atoms with Gasteiger partial charge in [0.1, 0.15) is 17.2 Å². The number of amides is 1. The summed E-state index contributed by atoms with van der Waals surface area (Å²) in [5.41, 5.74) is 2.88.